The molecule has 7 heteroatoms. The molecule has 0 N–H and O–H groups in total. The van der Waals surface area contributed by atoms with Gasteiger partial charge in [-0.25, -0.2) is 33.4 Å². The van der Waals surface area contributed by atoms with Crippen LogP contribution in [0.3, 0.4) is 0 Å². The zero-order valence-corrected chi connectivity index (χ0v) is 69.2. The van der Waals surface area contributed by atoms with Gasteiger partial charge < -0.3 is 18.9 Å². The molecule has 2 aromatic heterocycles. The number of nitrogens with zero attached hydrogens (tertiary/aromatic N) is 4. The summed E-state index contributed by atoms with van der Waals surface area (Å²) in [5.41, 5.74) is 14.5. The van der Waals surface area contributed by atoms with Crippen LogP contribution in [-0.2, 0) is 85.4 Å². The molecule has 12 rings (SSSR count). The summed E-state index contributed by atoms with van der Waals surface area (Å²) in [6, 6.07) is 97.2. The van der Waals surface area contributed by atoms with E-state index in [1.165, 1.54) is 54.7 Å². The zero-order chi connectivity index (χ0) is 70.1. The Labute approximate surface area is 621 Å². The summed E-state index contributed by atoms with van der Waals surface area (Å²) in [7, 11) is 12.7. The number of hydrogen-bond donors (Lipinski definition) is 0. The molecule has 0 bridgehead atoms. The minimum atomic E-state index is 0. The third kappa shape index (κ3) is 35.9. The van der Waals surface area contributed by atoms with Gasteiger partial charge in [-0.1, -0.05) is 199 Å². The number of benzene rings is 10. The van der Waals surface area contributed by atoms with Crippen molar-refractivity contribution in [2.75, 3.05) is 28.2 Å². The molecule has 0 atom stereocenters. The first kappa shape index (κ1) is 99.6. The predicted molar refractivity (Wildman–Crippen MR) is 418 cm³/mol. The summed E-state index contributed by atoms with van der Waals surface area (Å²) in [6.45, 7) is 42.0. The minimum Gasteiger partial charge on any atom is -0.344 e. The van der Waals surface area contributed by atoms with Gasteiger partial charge in [0.1, 0.15) is 0 Å². The summed E-state index contributed by atoms with van der Waals surface area (Å²) in [5, 5.41) is 5.36. The molecule has 0 fully saturated rings. The maximum Gasteiger partial charge on any atom is 2.00 e. The molecule has 0 saturated heterocycles. The Kier molecular flexibility index (Phi) is 69.4. The van der Waals surface area contributed by atoms with Gasteiger partial charge in [0.05, 0.1) is 0 Å². The second-order valence-corrected chi connectivity index (χ2v) is 18.0. The number of hydrogen-bond acceptors (Lipinski definition) is 2. The summed E-state index contributed by atoms with van der Waals surface area (Å²) in [5.74, 6) is 0. The van der Waals surface area contributed by atoms with E-state index < -0.39 is 0 Å². The van der Waals surface area contributed by atoms with E-state index in [0.717, 1.165) is 46.5 Å². The van der Waals surface area contributed by atoms with Gasteiger partial charge in [0.2, 0.25) is 0 Å². The monoisotopic (exact) mass is 1520 g/mol. The van der Waals surface area contributed by atoms with Gasteiger partial charge >= 0.3 is 58.2 Å². The van der Waals surface area contributed by atoms with Crippen LogP contribution in [0, 0.1) is 36.4 Å². The Hall–Kier alpha value is -6.42. The fraction of sp³-hybridized carbons (Fsp3) is 0.318. The van der Waals surface area contributed by atoms with Crippen LogP contribution in [0.15, 0.2) is 231 Å². The molecule has 10 aromatic carbocycles. The van der Waals surface area contributed by atoms with Crippen LogP contribution in [-0.4, -0.2) is 47.1 Å². The molecular weight excluding hydrogens is 1400 g/mol. The molecule has 4 nitrogen and oxygen atoms in total. The molecule has 0 spiro atoms. The largest absolute Gasteiger partial charge is 2.00 e. The first-order valence-corrected chi connectivity index (χ1v) is 34.3. The molecule has 0 amide bonds. The average molecular weight is 1520 g/mol. The van der Waals surface area contributed by atoms with Crippen LogP contribution < -0.4 is 0 Å². The van der Waals surface area contributed by atoms with Gasteiger partial charge in [-0.2, -0.15) is 146 Å². The van der Waals surface area contributed by atoms with Crippen LogP contribution in [0.25, 0.3) is 77.0 Å². The van der Waals surface area contributed by atoms with Crippen molar-refractivity contribution in [2.45, 2.75) is 152 Å². The zero-order valence-electron chi connectivity index (χ0n) is 63.4. The van der Waals surface area contributed by atoms with Gasteiger partial charge in [0.25, 0.3) is 0 Å². The van der Waals surface area contributed by atoms with Gasteiger partial charge in [0, 0.05) is 70.8 Å². The standard InChI is InChI=1S/2C16H18N2.3C12H8.10C2H6.2V.W/c2*1-17(2)11-12-8-9-14-13-6-4-5-7-15(13)18(3)16(14)10-12;3*1-3-7-11(8-4-1)12-9-5-2-6-10-12;10*1-2;;;/h2*4-10H,11H2,1-3H3;3*1-7,9H;10*1-2H3;;;/q;;3*-2;;;;;;;;;;;3*+2. The molecule has 0 saturated carbocycles. The summed E-state index contributed by atoms with van der Waals surface area (Å²) in [6.07, 6.45) is 0. The Bertz CT molecular complexity index is 3110. The first-order chi connectivity index (χ1) is 45.2. The summed E-state index contributed by atoms with van der Waals surface area (Å²) >= 11 is 0. The van der Waals surface area contributed by atoms with Crippen LogP contribution >= 0.6 is 0 Å². The predicted octanol–water partition coefficient (Wildman–Crippen LogP) is 25.9. The van der Waals surface area contributed by atoms with Crippen molar-refractivity contribution in [1.29, 1.82) is 0 Å². The van der Waals surface area contributed by atoms with E-state index in [-0.39, 0.29) is 58.2 Å². The second kappa shape index (κ2) is 66.2. The number of aromatic nitrogens is 2. The molecule has 12 aromatic rings. The van der Waals surface area contributed by atoms with Crippen molar-refractivity contribution in [3.63, 3.8) is 0 Å². The number of aryl methyl sites for hydroxylation is 2. The Morgan fingerprint density at radius 1 is 0.253 bits per heavy atom. The smallest absolute Gasteiger partial charge is 0.344 e. The number of rotatable bonds is 7. The van der Waals surface area contributed by atoms with Crippen LogP contribution in [0.1, 0.15) is 150 Å². The molecular formula is C88H120N4V2W. The van der Waals surface area contributed by atoms with Crippen LogP contribution in [0.5, 0.6) is 0 Å². The molecule has 508 valence electrons. The van der Waals surface area contributed by atoms with E-state index in [9.17, 15) is 0 Å². The molecule has 2 radical (unpaired) electrons. The van der Waals surface area contributed by atoms with Crippen molar-refractivity contribution >= 4 is 43.6 Å². The molecule has 0 aliphatic rings. The van der Waals surface area contributed by atoms with Crippen molar-refractivity contribution in [1.82, 2.24) is 18.9 Å². The van der Waals surface area contributed by atoms with E-state index in [0.29, 0.717) is 0 Å². The summed E-state index contributed by atoms with van der Waals surface area (Å²) < 4.78 is 4.56. The van der Waals surface area contributed by atoms with E-state index in [4.69, 9.17) is 0 Å². The van der Waals surface area contributed by atoms with Crippen molar-refractivity contribution in [2.24, 2.45) is 14.1 Å². The molecule has 0 aliphatic carbocycles. The van der Waals surface area contributed by atoms with Crippen molar-refractivity contribution in [3.05, 3.63) is 278 Å². The molecule has 95 heavy (non-hydrogen) atoms. The van der Waals surface area contributed by atoms with Crippen LogP contribution in [0.2, 0.25) is 0 Å². The number of para-hydroxylation sites is 2. The fourth-order valence-corrected chi connectivity index (χ4v) is 8.70. The Morgan fingerprint density at radius 2 is 0.442 bits per heavy atom. The fourth-order valence-electron chi connectivity index (χ4n) is 8.70. The van der Waals surface area contributed by atoms with E-state index in [1.54, 1.807) is 0 Å². The topological polar surface area (TPSA) is 16.3 Å². The van der Waals surface area contributed by atoms with E-state index in [2.05, 4.69) is 183 Å². The molecule has 0 unspecified atom stereocenters. The average Bonchev–Trinajstić information content (AvgIpc) is 1.63. The maximum absolute atomic E-state index is 3.15. The second-order valence-electron chi connectivity index (χ2n) is 18.0. The summed E-state index contributed by atoms with van der Waals surface area (Å²) in [4.78, 5) is 4.40. The third-order valence-corrected chi connectivity index (χ3v) is 12.1. The van der Waals surface area contributed by atoms with Gasteiger partial charge in [0.15, 0.2) is 0 Å². The van der Waals surface area contributed by atoms with Crippen LogP contribution in [0.4, 0.5) is 0 Å². The van der Waals surface area contributed by atoms with E-state index in [1.807, 2.05) is 284 Å². The Balaban J connectivity index is -0.000000244. The molecule has 0 aliphatic heterocycles. The Morgan fingerprint density at radius 3 is 0.632 bits per heavy atom. The van der Waals surface area contributed by atoms with Gasteiger partial charge in [-0.05, 0) is 63.6 Å². The van der Waals surface area contributed by atoms with Crippen molar-refractivity contribution in [3.8, 4) is 33.4 Å². The normalized spacial score (nSPS) is 8.76. The van der Waals surface area contributed by atoms with E-state index >= 15 is 0 Å². The minimum absolute atomic E-state index is 0. The van der Waals surface area contributed by atoms with Crippen molar-refractivity contribution < 1.29 is 58.2 Å². The third-order valence-electron chi connectivity index (χ3n) is 12.1. The maximum atomic E-state index is 3.15. The first-order valence-electron chi connectivity index (χ1n) is 34.3. The number of fused-ring (bicyclic) bond motifs is 6. The van der Waals surface area contributed by atoms with Gasteiger partial charge in [-0.3, -0.25) is 0 Å². The molecule has 2 heterocycles. The quantitative estimate of drug-likeness (QED) is 0.148. The van der Waals surface area contributed by atoms with Gasteiger partial charge in [-0.15, -0.1) is 36.4 Å². The SMILES string of the molecule is CC.CC.CC.CC.CC.CC.CC.CC.CC.CC.CN(C)Cc1ccc2c3ccccc3n(C)c2c1.CN(C)Cc1ccc2c3ccccc3n(C)c2c1.[V+2].[V+2].[W+2].[c-]1ccccc1-c1[c-]cccc1.[c-]1ccccc1-c1[c-]cccc1.[c-]1ccccc1-c1[c-]cccc1.